The van der Waals surface area contributed by atoms with Gasteiger partial charge in [0, 0.05) is 38.2 Å². The SMILES string of the molecule is Cc1ccc(Cl)cc1-n1c(C)c(C)[n+]2c1N=C1C2C(=O)N(CCN2CCOCC2)C(=O)N1C. The normalized spacial score (nSPS) is 20.9. The van der Waals surface area contributed by atoms with Crippen molar-refractivity contribution in [2.45, 2.75) is 26.8 Å². The molecular weight excluding hydrogens is 444 g/mol. The number of amides is 3. The first-order valence-electron chi connectivity index (χ1n) is 11.2. The number of urea groups is 1. The predicted octanol–water partition coefficient (Wildman–Crippen LogP) is 2.15. The zero-order chi connectivity index (χ0) is 23.4. The summed E-state index contributed by atoms with van der Waals surface area (Å²) in [6.07, 6.45) is 0. The van der Waals surface area contributed by atoms with Crippen LogP contribution >= 0.6 is 11.6 Å². The Labute approximate surface area is 197 Å². The first kappa shape index (κ1) is 22.1. The van der Waals surface area contributed by atoms with Gasteiger partial charge >= 0.3 is 12.0 Å². The van der Waals surface area contributed by atoms with E-state index in [9.17, 15) is 9.59 Å². The Balaban J connectivity index is 1.53. The van der Waals surface area contributed by atoms with Gasteiger partial charge in [0.2, 0.25) is 11.9 Å². The number of imide groups is 1. The summed E-state index contributed by atoms with van der Waals surface area (Å²) in [5.74, 6) is 0.842. The number of ether oxygens (including phenoxy) is 1. The van der Waals surface area contributed by atoms with E-state index in [-0.39, 0.29) is 11.9 Å². The first-order chi connectivity index (χ1) is 15.8. The molecule has 0 radical (unpaired) electrons. The highest BCUT2D eigenvalue weighted by Crippen LogP contribution is 2.34. The minimum atomic E-state index is -0.660. The number of imidazole rings is 1. The molecule has 1 aromatic heterocycles. The van der Waals surface area contributed by atoms with Crippen LogP contribution in [0.3, 0.4) is 0 Å². The lowest BCUT2D eigenvalue weighted by Crippen LogP contribution is -2.64. The van der Waals surface area contributed by atoms with Gasteiger partial charge in [-0.15, -0.1) is 0 Å². The van der Waals surface area contributed by atoms with Gasteiger partial charge in [0.1, 0.15) is 17.1 Å². The van der Waals surface area contributed by atoms with Crippen molar-refractivity contribution < 1.29 is 18.9 Å². The molecule has 10 heteroatoms. The Bertz CT molecular complexity index is 1180. The van der Waals surface area contributed by atoms with E-state index < -0.39 is 6.04 Å². The largest absolute Gasteiger partial charge is 0.407 e. The number of hydrogen-bond donors (Lipinski definition) is 0. The number of benzene rings is 1. The van der Waals surface area contributed by atoms with E-state index >= 15 is 0 Å². The van der Waals surface area contributed by atoms with E-state index in [0.29, 0.717) is 43.1 Å². The van der Waals surface area contributed by atoms with Crippen LogP contribution in [0, 0.1) is 20.8 Å². The lowest BCUT2D eigenvalue weighted by atomic mass is 10.1. The quantitative estimate of drug-likeness (QED) is 0.640. The molecule has 3 amide bonds. The molecule has 0 spiro atoms. The molecule has 1 atom stereocenters. The van der Waals surface area contributed by atoms with Crippen LogP contribution in [0.15, 0.2) is 23.2 Å². The zero-order valence-electron chi connectivity index (χ0n) is 19.3. The molecule has 4 heterocycles. The third-order valence-electron chi connectivity index (χ3n) is 6.87. The maximum absolute atomic E-state index is 13.6. The Morgan fingerprint density at radius 1 is 1.15 bits per heavy atom. The molecule has 1 aromatic carbocycles. The van der Waals surface area contributed by atoms with Crippen molar-refractivity contribution in [1.82, 2.24) is 19.3 Å². The number of rotatable bonds is 4. The third kappa shape index (κ3) is 3.46. The monoisotopic (exact) mass is 471 g/mol. The summed E-state index contributed by atoms with van der Waals surface area (Å²) in [4.78, 5) is 36.6. The number of likely N-dealkylation sites (N-methyl/N-ethyl adjacent to an activating group) is 1. The number of aromatic nitrogens is 2. The molecule has 0 bridgehead atoms. The minimum Gasteiger partial charge on any atom is -0.379 e. The van der Waals surface area contributed by atoms with E-state index in [2.05, 4.69) is 4.90 Å². The van der Waals surface area contributed by atoms with Gasteiger partial charge in [0.15, 0.2) is 0 Å². The minimum absolute atomic E-state index is 0.239. The number of aliphatic imine (C=N–C) groups is 1. The average molecular weight is 472 g/mol. The van der Waals surface area contributed by atoms with Crippen molar-refractivity contribution in [3.63, 3.8) is 0 Å². The summed E-state index contributed by atoms with van der Waals surface area (Å²) in [7, 11) is 1.69. The van der Waals surface area contributed by atoms with Crippen molar-refractivity contribution in [3.8, 4) is 5.69 Å². The van der Waals surface area contributed by atoms with Crippen molar-refractivity contribution >= 4 is 35.3 Å². The van der Waals surface area contributed by atoms with Crippen LogP contribution in [-0.2, 0) is 9.53 Å². The fraction of sp³-hybridized carbons (Fsp3) is 0.478. The molecular formula is C23H28ClN6O3+. The Hall–Kier alpha value is -2.75. The highest BCUT2D eigenvalue weighted by Gasteiger charge is 2.54. The molecule has 0 N–H and O–H groups in total. The highest BCUT2D eigenvalue weighted by atomic mass is 35.5. The molecule has 2 aromatic rings. The summed E-state index contributed by atoms with van der Waals surface area (Å²) in [5, 5.41) is 0.626. The topological polar surface area (TPSA) is 74.3 Å². The van der Waals surface area contributed by atoms with E-state index in [0.717, 1.165) is 35.7 Å². The second kappa shape index (κ2) is 8.23. The van der Waals surface area contributed by atoms with Gasteiger partial charge in [-0.1, -0.05) is 22.7 Å². The van der Waals surface area contributed by atoms with Crippen LogP contribution in [-0.4, -0.2) is 83.5 Å². The molecule has 1 unspecified atom stereocenters. The highest BCUT2D eigenvalue weighted by molar-refractivity contribution is 6.30. The van der Waals surface area contributed by atoms with Crippen molar-refractivity contribution in [3.05, 3.63) is 40.2 Å². The maximum atomic E-state index is 13.6. The average Bonchev–Trinajstić information content (AvgIpc) is 3.30. The van der Waals surface area contributed by atoms with Gasteiger partial charge in [-0.3, -0.25) is 19.5 Å². The summed E-state index contributed by atoms with van der Waals surface area (Å²) >= 11 is 6.30. The van der Waals surface area contributed by atoms with Gasteiger partial charge in [-0.2, -0.15) is 4.57 Å². The summed E-state index contributed by atoms with van der Waals surface area (Å²) in [6, 6.07) is 4.72. The van der Waals surface area contributed by atoms with Gasteiger partial charge in [-0.25, -0.2) is 9.36 Å². The molecule has 2 fully saturated rings. The summed E-state index contributed by atoms with van der Waals surface area (Å²) in [5.41, 5.74) is 3.85. The number of carbonyl (C=O) groups excluding carboxylic acids is 2. The number of nitrogens with zero attached hydrogens (tertiary/aromatic N) is 6. The number of aryl methyl sites for hydroxylation is 1. The van der Waals surface area contributed by atoms with Crippen molar-refractivity contribution in [2.24, 2.45) is 4.99 Å². The molecule has 3 aliphatic rings. The van der Waals surface area contributed by atoms with Crippen molar-refractivity contribution in [1.29, 1.82) is 0 Å². The Morgan fingerprint density at radius 2 is 1.88 bits per heavy atom. The molecule has 9 nitrogen and oxygen atoms in total. The van der Waals surface area contributed by atoms with E-state index in [1.165, 1.54) is 9.80 Å². The molecule has 0 saturated carbocycles. The van der Waals surface area contributed by atoms with Crippen LogP contribution in [0.2, 0.25) is 5.02 Å². The first-order valence-corrected chi connectivity index (χ1v) is 11.5. The van der Waals surface area contributed by atoms with Gasteiger partial charge in [-0.05, 0) is 38.5 Å². The molecule has 5 rings (SSSR count). The number of carbonyl (C=O) groups is 2. The second-order valence-corrected chi connectivity index (χ2v) is 9.20. The Kier molecular flexibility index (Phi) is 5.50. The molecule has 3 aliphatic heterocycles. The Morgan fingerprint density at radius 3 is 2.61 bits per heavy atom. The molecule has 0 aliphatic carbocycles. The number of morpholine rings is 1. The van der Waals surface area contributed by atoms with Crippen LogP contribution in [0.25, 0.3) is 5.69 Å². The van der Waals surface area contributed by atoms with Crippen LogP contribution in [0.5, 0.6) is 0 Å². The van der Waals surface area contributed by atoms with E-state index in [1.54, 1.807) is 7.05 Å². The number of fused-ring (bicyclic) bond motifs is 3. The fourth-order valence-corrected chi connectivity index (χ4v) is 4.99. The van der Waals surface area contributed by atoms with Gasteiger partial charge < -0.3 is 4.74 Å². The van der Waals surface area contributed by atoms with Crippen LogP contribution in [0.1, 0.15) is 23.0 Å². The summed E-state index contributed by atoms with van der Waals surface area (Å²) in [6.45, 7) is 9.94. The lowest BCUT2D eigenvalue weighted by molar-refractivity contribution is -0.682. The number of amidine groups is 1. The number of halogens is 1. The standard InChI is InChI=1S/C23H28ClN6O3/c1-14-5-6-17(24)13-18(14)29-15(2)16(3)30-19-20(25-22(29)30)26(4)23(32)28(21(19)31)8-7-27-9-11-33-12-10-27/h5-6,13,19H,7-12H2,1-4H3/q+1. The van der Waals surface area contributed by atoms with E-state index in [4.69, 9.17) is 21.3 Å². The van der Waals surface area contributed by atoms with Crippen LogP contribution < -0.4 is 4.57 Å². The molecule has 2 saturated heterocycles. The second-order valence-electron chi connectivity index (χ2n) is 8.77. The molecule has 33 heavy (non-hydrogen) atoms. The zero-order valence-corrected chi connectivity index (χ0v) is 20.1. The molecule has 174 valence electrons. The van der Waals surface area contributed by atoms with Crippen LogP contribution in [0.4, 0.5) is 10.7 Å². The smallest absolute Gasteiger partial charge is 0.379 e. The van der Waals surface area contributed by atoms with Crippen molar-refractivity contribution in [2.75, 3.05) is 46.4 Å². The van der Waals surface area contributed by atoms with E-state index in [1.807, 2.05) is 48.1 Å². The van der Waals surface area contributed by atoms with Gasteiger partial charge in [0.05, 0.1) is 13.2 Å². The maximum Gasteiger partial charge on any atom is 0.407 e. The summed E-state index contributed by atoms with van der Waals surface area (Å²) < 4.78 is 9.36. The fourth-order valence-electron chi connectivity index (χ4n) is 4.82. The lowest BCUT2D eigenvalue weighted by Gasteiger charge is -2.35. The predicted molar refractivity (Wildman–Crippen MR) is 123 cm³/mol. The number of hydrogen-bond acceptors (Lipinski definition) is 5. The third-order valence-corrected chi connectivity index (χ3v) is 7.11. The van der Waals surface area contributed by atoms with Gasteiger partial charge in [0.25, 0.3) is 5.91 Å².